The highest BCUT2D eigenvalue weighted by Gasteiger charge is 2.23. The molecule has 1 aliphatic carbocycles. The maximum atomic E-state index is 5.79. The van der Waals surface area contributed by atoms with Crippen molar-refractivity contribution in [3.63, 3.8) is 0 Å². The van der Waals surface area contributed by atoms with E-state index in [0.29, 0.717) is 6.10 Å². The minimum atomic E-state index is 0.368. The average Bonchev–Trinajstić information content (AvgIpc) is 3.30. The van der Waals surface area contributed by atoms with Gasteiger partial charge in [-0.05, 0) is 37.0 Å². The summed E-state index contributed by atoms with van der Waals surface area (Å²) in [6.45, 7) is 6.00. The average molecular weight is 339 g/mol. The van der Waals surface area contributed by atoms with Crippen LogP contribution in [-0.4, -0.2) is 31.8 Å². The van der Waals surface area contributed by atoms with Crippen molar-refractivity contribution in [3.05, 3.63) is 28.2 Å². The highest BCUT2D eigenvalue weighted by atomic mass is 79.9. The number of anilines is 1. The fourth-order valence-corrected chi connectivity index (χ4v) is 3.06. The predicted octanol–water partition coefficient (Wildman–Crippen LogP) is 3.32. The van der Waals surface area contributed by atoms with Gasteiger partial charge in [-0.15, -0.1) is 0 Å². The van der Waals surface area contributed by atoms with Gasteiger partial charge in [-0.25, -0.2) is 0 Å². The number of hydrogen-bond acceptors (Lipinski definition) is 3. The molecule has 4 heteroatoms. The predicted molar refractivity (Wildman–Crippen MR) is 86.2 cm³/mol. The van der Waals surface area contributed by atoms with Crippen LogP contribution in [0.2, 0.25) is 0 Å². The van der Waals surface area contributed by atoms with E-state index in [2.05, 4.69) is 51.3 Å². The molecule has 110 valence electrons. The Hall–Kier alpha value is -0.580. The Bertz CT molecular complexity index is 462. The third-order valence-electron chi connectivity index (χ3n) is 4.14. The molecule has 2 fully saturated rings. The second-order valence-corrected chi connectivity index (χ2v) is 6.69. The standard InChI is InChI=1S/C16H23BrN2O/c1-2-15-11-19(7-8-20-15)16-9-13(17)4-3-12(16)10-18-14-5-6-14/h3-4,9,14-15,18H,2,5-8,10-11H2,1H3. The lowest BCUT2D eigenvalue weighted by Gasteiger charge is -2.35. The van der Waals surface area contributed by atoms with Gasteiger partial charge in [-0.1, -0.05) is 28.9 Å². The molecule has 1 atom stereocenters. The van der Waals surface area contributed by atoms with Gasteiger partial charge in [0.05, 0.1) is 12.7 Å². The third-order valence-corrected chi connectivity index (χ3v) is 4.63. The second kappa shape index (κ2) is 6.46. The fraction of sp³-hybridized carbons (Fsp3) is 0.625. The number of hydrogen-bond donors (Lipinski definition) is 1. The molecule has 0 aromatic heterocycles. The monoisotopic (exact) mass is 338 g/mol. The lowest BCUT2D eigenvalue weighted by molar-refractivity contribution is 0.0384. The van der Waals surface area contributed by atoms with Crippen molar-refractivity contribution in [1.82, 2.24) is 5.32 Å². The minimum absolute atomic E-state index is 0.368. The molecular formula is C16H23BrN2O. The molecule has 1 aromatic carbocycles. The highest BCUT2D eigenvalue weighted by Crippen LogP contribution is 2.28. The molecule has 1 aliphatic heterocycles. The second-order valence-electron chi connectivity index (χ2n) is 5.78. The van der Waals surface area contributed by atoms with E-state index in [1.54, 1.807) is 0 Å². The molecule has 0 spiro atoms. The minimum Gasteiger partial charge on any atom is -0.375 e. The van der Waals surface area contributed by atoms with Crippen LogP contribution in [0, 0.1) is 0 Å². The Morgan fingerprint density at radius 2 is 2.25 bits per heavy atom. The number of ether oxygens (including phenoxy) is 1. The molecule has 0 bridgehead atoms. The Morgan fingerprint density at radius 3 is 3.00 bits per heavy atom. The number of halogens is 1. The van der Waals surface area contributed by atoms with E-state index >= 15 is 0 Å². The van der Waals surface area contributed by atoms with Crippen molar-refractivity contribution in [2.24, 2.45) is 0 Å². The summed E-state index contributed by atoms with van der Waals surface area (Å²) in [5.41, 5.74) is 2.76. The molecule has 20 heavy (non-hydrogen) atoms. The Labute approximate surface area is 129 Å². The van der Waals surface area contributed by atoms with Crippen molar-refractivity contribution in [1.29, 1.82) is 0 Å². The van der Waals surface area contributed by atoms with Crippen LogP contribution in [0.1, 0.15) is 31.7 Å². The summed E-state index contributed by atoms with van der Waals surface area (Å²) in [4.78, 5) is 2.48. The lowest BCUT2D eigenvalue weighted by Crippen LogP contribution is -2.42. The van der Waals surface area contributed by atoms with Gasteiger partial charge in [0.1, 0.15) is 0 Å². The van der Waals surface area contributed by atoms with Gasteiger partial charge in [0, 0.05) is 35.8 Å². The molecule has 3 nitrogen and oxygen atoms in total. The Balaban J connectivity index is 1.76. The molecule has 1 N–H and O–H groups in total. The van der Waals surface area contributed by atoms with Crippen molar-refractivity contribution < 1.29 is 4.74 Å². The Kier molecular flexibility index (Phi) is 4.64. The molecule has 2 aliphatic rings. The number of nitrogens with zero attached hydrogens (tertiary/aromatic N) is 1. The van der Waals surface area contributed by atoms with Gasteiger partial charge in [0.25, 0.3) is 0 Å². The zero-order chi connectivity index (χ0) is 13.9. The van der Waals surface area contributed by atoms with Crippen LogP contribution in [0.4, 0.5) is 5.69 Å². The van der Waals surface area contributed by atoms with Crippen molar-refractivity contribution in [2.75, 3.05) is 24.6 Å². The molecule has 1 saturated heterocycles. The zero-order valence-electron chi connectivity index (χ0n) is 12.1. The van der Waals surface area contributed by atoms with Gasteiger partial charge in [-0.2, -0.15) is 0 Å². The normalized spacial score (nSPS) is 23.1. The first-order valence-corrected chi connectivity index (χ1v) is 8.44. The quantitative estimate of drug-likeness (QED) is 0.891. The Morgan fingerprint density at radius 1 is 1.40 bits per heavy atom. The van der Waals surface area contributed by atoms with E-state index in [1.165, 1.54) is 24.1 Å². The maximum Gasteiger partial charge on any atom is 0.0748 e. The molecule has 0 radical (unpaired) electrons. The molecule has 1 heterocycles. The van der Waals surface area contributed by atoms with E-state index in [1.807, 2.05) is 0 Å². The van der Waals surface area contributed by atoms with Crippen LogP contribution < -0.4 is 10.2 Å². The summed E-state index contributed by atoms with van der Waals surface area (Å²) in [5, 5.41) is 3.62. The summed E-state index contributed by atoms with van der Waals surface area (Å²) in [6, 6.07) is 7.39. The fourth-order valence-electron chi connectivity index (χ4n) is 2.71. The number of morpholine rings is 1. The van der Waals surface area contributed by atoms with E-state index in [0.717, 1.165) is 43.2 Å². The van der Waals surface area contributed by atoms with Gasteiger partial charge in [0.15, 0.2) is 0 Å². The van der Waals surface area contributed by atoms with E-state index < -0.39 is 0 Å². The zero-order valence-corrected chi connectivity index (χ0v) is 13.7. The molecule has 0 amide bonds. The highest BCUT2D eigenvalue weighted by molar-refractivity contribution is 9.10. The largest absolute Gasteiger partial charge is 0.375 e. The van der Waals surface area contributed by atoms with Gasteiger partial charge in [0.2, 0.25) is 0 Å². The van der Waals surface area contributed by atoms with Gasteiger partial charge < -0.3 is 15.0 Å². The van der Waals surface area contributed by atoms with Crippen LogP contribution in [0.15, 0.2) is 22.7 Å². The van der Waals surface area contributed by atoms with Crippen LogP contribution in [-0.2, 0) is 11.3 Å². The van der Waals surface area contributed by atoms with Gasteiger partial charge in [-0.3, -0.25) is 0 Å². The molecule has 3 rings (SSSR count). The SMILES string of the molecule is CCC1CN(c2cc(Br)ccc2CNC2CC2)CCO1. The summed E-state index contributed by atoms with van der Waals surface area (Å²) in [5.74, 6) is 0. The number of rotatable bonds is 5. The first kappa shape index (κ1) is 14.4. The number of benzene rings is 1. The molecule has 1 unspecified atom stereocenters. The third kappa shape index (κ3) is 3.54. The van der Waals surface area contributed by atoms with E-state index in [-0.39, 0.29) is 0 Å². The summed E-state index contributed by atoms with van der Waals surface area (Å²) in [7, 11) is 0. The van der Waals surface area contributed by atoms with Crippen molar-refractivity contribution in [2.45, 2.75) is 44.9 Å². The maximum absolute atomic E-state index is 5.79. The summed E-state index contributed by atoms with van der Waals surface area (Å²) >= 11 is 3.61. The van der Waals surface area contributed by atoms with Crippen LogP contribution in [0.5, 0.6) is 0 Å². The van der Waals surface area contributed by atoms with Crippen LogP contribution in [0.3, 0.4) is 0 Å². The molecule has 1 saturated carbocycles. The van der Waals surface area contributed by atoms with Crippen LogP contribution >= 0.6 is 15.9 Å². The summed E-state index contributed by atoms with van der Waals surface area (Å²) in [6.07, 6.45) is 4.12. The lowest BCUT2D eigenvalue weighted by atomic mass is 10.1. The first-order chi connectivity index (χ1) is 9.76. The number of nitrogens with one attached hydrogen (secondary N) is 1. The van der Waals surface area contributed by atoms with Crippen molar-refractivity contribution >= 4 is 21.6 Å². The van der Waals surface area contributed by atoms with E-state index in [9.17, 15) is 0 Å². The van der Waals surface area contributed by atoms with Crippen LogP contribution in [0.25, 0.3) is 0 Å². The van der Waals surface area contributed by atoms with E-state index in [4.69, 9.17) is 4.74 Å². The molecular weight excluding hydrogens is 316 g/mol. The smallest absolute Gasteiger partial charge is 0.0748 e. The topological polar surface area (TPSA) is 24.5 Å². The molecule has 1 aromatic rings. The van der Waals surface area contributed by atoms with Crippen molar-refractivity contribution in [3.8, 4) is 0 Å². The first-order valence-electron chi connectivity index (χ1n) is 7.64. The summed E-state index contributed by atoms with van der Waals surface area (Å²) < 4.78 is 6.94. The van der Waals surface area contributed by atoms with Gasteiger partial charge >= 0.3 is 0 Å².